The first-order valence-corrected chi connectivity index (χ1v) is 9.61. The Balaban J connectivity index is 2.11. The molecule has 25 heavy (non-hydrogen) atoms. The summed E-state index contributed by atoms with van der Waals surface area (Å²) < 4.78 is 25.1. The van der Waals surface area contributed by atoms with Crippen LogP contribution in [0.15, 0.2) is 53.6 Å². The van der Waals surface area contributed by atoms with Gasteiger partial charge in [-0.2, -0.15) is 5.10 Å². The van der Waals surface area contributed by atoms with Crippen LogP contribution in [0.25, 0.3) is 0 Å². The summed E-state index contributed by atoms with van der Waals surface area (Å²) in [5.41, 5.74) is 4.16. The van der Waals surface area contributed by atoms with Crippen LogP contribution in [0.4, 0.5) is 5.69 Å². The lowest BCUT2D eigenvalue weighted by atomic mass is 10.2. The molecule has 0 unspecified atom stereocenters. The number of rotatable bonds is 6. The van der Waals surface area contributed by atoms with Crippen molar-refractivity contribution in [1.29, 1.82) is 0 Å². The Hall–Kier alpha value is -2.38. The predicted octanol–water partition coefficient (Wildman–Crippen LogP) is 2.56. The van der Waals surface area contributed by atoms with E-state index >= 15 is 0 Å². The van der Waals surface area contributed by atoms with E-state index in [-0.39, 0.29) is 6.54 Å². The van der Waals surface area contributed by atoms with Crippen molar-refractivity contribution in [3.8, 4) is 0 Å². The second-order valence-corrected chi connectivity index (χ2v) is 7.68. The highest BCUT2D eigenvalue weighted by molar-refractivity contribution is 7.92. The third-order valence-corrected chi connectivity index (χ3v) is 4.84. The lowest BCUT2D eigenvalue weighted by Gasteiger charge is -2.23. The van der Waals surface area contributed by atoms with E-state index in [0.717, 1.165) is 16.1 Å². The van der Waals surface area contributed by atoms with Gasteiger partial charge in [-0.05, 0) is 24.6 Å². The van der Waals surface area contributed by atoms with E-state index in [1.807, 2.05) is 0 Å². The molecule has 0 saturated carbocycles. The van der Waals surface area contributed by atoms with Gasteiger partial charge in [0.1, 0.15) is 6.54 Å². The molecule has 0 aliphatic carbocycles. The van der Waals surface area contributed by atoms with Gasteiger partial charge >= 0.3 is 0 Å². The summed E-state index contributed by atoms with van der Waals surface area (Å²) in [5, 5.41) is 4.32. The van der Waals surface area contributed by atoms with Crippen LogP contribution >= 0.6 is 11.6 Å². The number of nitrogens with zero attached hydrogens (tertiary/aromatic N) is 2. The van der Waals surface area contributed by atoms with Crippen molar-refractivity contribution in [3.63, 3.8) is 0 Å². The van der Waals surface area contributed by atoms with Crippen molar-refractivity contribution >= 4 is 39.4 Å². The van der Waals surface area contributed by atoms with E-state index in [0.29, 0.717) is 16.3 Å². The van der Waals surface area contributed by atoms with Crippen LogP contribution in [0.5, 0.6) is 0 Å². The van der Waals surface area contributed by atoms with Gasteiger partial charge in [-0.25, -0.2) is 13.8 Å². The SMILES string of the molecule is Cc1ccccc1N(CC(=O)N/N=C\c1ccccc1Cl)S(C)(=O)=O. The molecule has 0 aliphatic heterocycles. The van der Waals surface area contributed by atoms with Crippen molar-refractivity contribution in [3.05, 3.63) is 64.7 Å². The lowest BCUT2D eigenvalue weighted by molar-refractivity contribution is -0.119. The summed E-state index contributed by atoms with van der Waals surface area (Å²) in [6, 6.07) is 14.0. The molecule has 2 rings (SSSR count). The molecule has 6 nitrogen and oxygen atoms in total. The van der Waals surface area contributed by atoms with Crippen LogP contribution in [0.3, 0.4) is 0 Å². The van der Waals surface area contributed by atoms with Crippen LogP contribution in [-0.4, -0.2) is 33.3 Å². The first-order chi connectivity index (χ1) is 11.8. The smallest absolute Gasteiger partial charge is 0.260 e. The molecule has 1 amide bonds. The third-order valence-electron chi connectivity index (χ3n) is 3.37. The Bertz CT molecular complexity index is 898. The summed E-state index contributed by atoms with van der Waals surface area (Å²) in [4.78, 5) is 12.1. The number of aryl methyl sites for hydroxylation is 1. The Morgan fingerprint density at radius 3 is 2.48 bits per heavy atom. The first-order valence-electron chi connectivity index (χ1n) is 7.39. The van der Waals surface area contributed by atoms with Gasteiger partial charge in [0.25, 0.3) is 5.91 Å². The standard InChI is InChI=1S/C17H18ClN3O3S/c1-13-7-3-6-10-16(13)21(25(2,23)24)12-17(22)20-19-11-14-8-4-5-9-15(14)18/h3-11H,12H2,1-2H3,(H,20,22)/b19-11-. The molecule has 2 aromatic carbocycles. The van der Waals surface area contributed by atoms with Gasteiger partial charge in [-0.3, -0.25) is 9.10 Å². The minimum atomic E-state index is -3.62. The zero-order valence-electron chi connectivity index (χ0n) is 13.8. The van der Waals surface area contributed by atoms with E-state index in [1.165, 1.54) is 6.21 Å². The van der Waals surface area contributed by atoms with Gasteiger partial charge in [-0.1, -0.05) is 48.0 Å². The normalized spacial score (nSPS) is 11.5. The Morgan fingerprint density at radius 1 is 1.20 bits per heavy atom. The number of hydrogen-bond acceptors (Lipinski definition) is 4. The summed E-state index contributed by atoms with van der Waals surface area (Å²) in [6.07, 6.45) is 2.46. The van der Waals surface area contributed by atoms with Gasteiger partial charge < -0.3 is 0 Å². The molecule has 0 aromatic heterocycles. The highest BCUT2D eigenvalue weighted by atomic mass is 35.5. The molecular formula is C17H18ClN3O3S. The fourth-order valence-corrected chi connectivity index (χ4v) is 3.24. The number of nitrogens with one attached hydrogen (secondary N) is 1. The fraction of sp³-hybridized carbons (Fsp3) is 0.176. The maximum atomic E-state index is 12.1. The van der Waals surface area contributed by atoms with Gasteiger partial charge in [-0.15, -0.1) is 0 Å². The molecule has 0 atom stereocenters. The van der Waals surface area contributed by atoms with Crippen LogP contribution in [0.2, 0.25) is 5.02 Å². The second-order valence-electron chi connectivity index (χ2n) is 5.37. The highest BCUT2D eigenvalue weighted by Crippen LogP contribution is 2.21. The number of sulfonamides is 1. The monoisotopic (exact) mass is 379 g/mol. The van der Waals surface area contributed by atoms with Crippen molar-refractivity contribution in [2.24, 2.45) is 5.10 Å². The summed E-state index contributed by atoms with van der Waals surface area (Å²) in [7, 11) is -3.62. The Kier molecular flexibility index (Phi) is 6.17. The molecule has 0 radical (unpaired) electrons. The average Bonchev–Trinajstić information content (AvgIpc) is 2.54. The van der Waals surface area contributed by atoms with Crippen molar-refractivity contribution < 1.29 is 13.2 Å². The summed E-state index contributed by atoms with van der Waals surface area (Å²) >= 11 is 5.99. The second kappa shape index (κ2) is 8.13. The van der Waals surface area contributed by atoms with E-state index in [2.05, 4.69) is 10.5 Å². The number of anilines is 1. The number of carbonyl (C=O) groups is 1. The molecule has 0 fully saturated rings. The number of halogens is 1. The van der Waals surface area contributed by atoms with Crippen molar-refractivity contribution in [1.82, 2.24) is 5.43 Å². The number of hydrazone groups is 1. The number of benzene rings is 2. The number of amides is 1. The largest absolute Gasteiger partial charge is 0.271 e. The number of hydrogen-bond donors (Lipinski definition) is 1. The molecule has 8 heteroatoms. The van der Waals surface area contributed by atoms with Gasteiger partial charge in [0, 0.05) is 10.6 Å². The van der Waals surface area contributed by atoms with E-state index in [4.69, 9.17) is 11.6 Å². The predicted molar refractivity (Wildman–Crippen MR) is 101 cm³/mol. The zero-order valence-corrected chi connectivity index (χ0v) is 15.4. The van der Waals surface area contributed by atoms with E-state index in [9.17, 15) is 13.2 Å². The third kappa shape index (κ3) is 5.30. The summed E-state index contributed by atoms with van der Waals surface area (Å²) in [6.45, 7) is 1.41. The molecule has 2 aromatic rings. The average molecular weight is 380 g/mol. The molecule has 0 aliphatic rings. The molecule has 132 valence electrons. The Morgan fingerprint density at radius 2 is 1.84 bits per heavy atom. The van der Waals surface area contributed by atoms with E-state index in [1.54, 1.807) is 55.5 Å². The number of para-hydroxylation sites is 1. The molecule has 0 heterocycles. The molecule has 1 N–H and O–H groups in total. The summed E-state index contributed by atoms with van der Waals surface area (Å²) in [5.74, 6) is -0.558. The number of carbonyl (C=O) groups excluding carboxylic acids is 1. The van der Waals surface area contributed by atoms with E-state index < -0.39 is 15.9 Å². The molecule has 0 spiro atoms. The first kappa shape index (κ1) is 19.0. The maximum absolute atomic E-state index is 12.1. The quantitative estimate of drug-likeness (QED) is 0.618. The molecular weight excluding hydrogens is 362 g/mol. The minimum Gasteiger partial charge on any atom is -0.271 e. The fourth-order valence-electron chi connectivity index (χ4n) is 2.14. The zero-order chi connectivity index (χ0) is 18.4. The van der Waals surface area contributed by atoms with Gasteiger partial charge in [0.05, 0.1) is 18.2 Å². The van der Waals surface area contributed by atoms with Crippen molar-refractivity contribution in [2.45, 2.75) is 6.92 Å². The van der Waals surface area contributed by atoms with Gasteiger partial charge in [0.2, 0.25) is 10.0 Å². The Labute approximate surface area is 152 Å². The van der Waals surface area contributed by atoms with Crippen molar-refractivity contribution in [2.75, 3.05) is 17.1 Å². The maximum Gasteiger partial charge on any atom is 0.260 e. The topological polar surface area (TPSA) is 78.8 Å². The van der Waals surface area contributed by atoms with Gasteiger partial charge in [0.15, 0.2) is 0 Å². The highest BCUT2D eigenvalue weighted by Gasteiger charge is 2.21. The van der Waals surface area contributed by atoms with Crippen LogP contribution in [-0.2, 0) is 14.8 Å². The molecule has 0 saturated heterocycles. The van der Waals surface area contributed by atoms with Crippen LogP contribution < -0.4 is 9.73 Å². The minimum absolute atomic E-state index is 0.371. The lowest BCUT2D eigenvalue weighted by Crippen LogP contribution is -2.39. The van der Waals surface area contributed by atoms with Crippen LogP contribution in [0, 0.1) is 6.92 Å². The molecule has 0 bridgehead atoms. The van der Waals surface area contributed by atoms with Crippen LogP contribution in [0.1, 0.15) is 11.1 Å².